The summed E-state index contributed by atoms with van der Waals surface area (Å²) in [6.45, 7) is 86.1. The maximum absolute atomic E-state index is 12.1. The molecule has 0 spiro atoms. The Kier molecular flexibility index (Phi) is 65.8. The molecule has 0 bridgehead atoms. The number of rotatable bonds is 24. The minimum atomic E-state index is -3.03. The number of hydrogen-bond acceptors (Lipinski definition) is 11. The van der Waals surface area contributed by atoms with Gasteiger partial charge in [-0.25, -0.2) is 18.0 Å². The fourth-order valence-corrected chi connectivity index (χ4v) is 13.6. The average Bonchev–Trinajstić information content (AvgIpc) is 0.918. The number of nitrogens with zero attached hydrogens (tertiary/aromatic N) is 9. The van der Waals surface area contributed by atoms with Gasteiger partial charge in [-0.05, 0) is 282 Å². The van der Waals surface area contributed by atoms with Gasteiger partial charge in [-0.3, -0.25) is 24.2 Å². The molecular weight excluding hydrogens is 1240 g/mol. The molecule has 0 radical (unpaired) electrons. The summed E-state index contributed by atoms with van der Waals surface area (Å²) in [4.78, 5) is 73.2. The second kappa shape index (κ2) is 58.6. The van der Waals surface area contributed by atoms with Gasteiger partial charge in [0.15, 0.2) is 0 Å². The molecule has 0 atom stereocenters. The van der Waals surface area contributed by atoms with Crippen LogP contribution in [0.3, 0.4) is 0 Å². The molecule has 0 heterocycles. The van der Waals surface area contributed by atoms with E-state index in [0.29, 0.717) is 79.3 Å². The number of sulfonamides is 1. The van der Waals surface area contributed by atoms with Gasteiger partial charge < -0.3 is 39.5 Å². The number of amides is 6. The molecule has 0 saturated carbocycles. The first kappa shape index (κ1) is 109. The zero-order valence-electron chi connectivity index (χ0n) is 72.2. The lowest BCUT2D eigenvalue weighted by atomic mass is 10.1. The Balaban J connectivity index is -0.000000154. The highest BCUT2D eigenvalue weighted by molar-refractivity contribution is 7.88. The van der Waals surface area contributed by atoms with Crippen LogP contribution in [0.15, 0.2) is 30.3 Å². The van der Waals surface area contributed by atoms with E-state index >= 15 is 0 Å². The lowest BCUT2D eigenvalue weighted by Crippen LogP contribution is -2.46. The van der Waals surface area contributed by atoms with Crippen molar-refractivity contribution in [3.05, 3.63) is 35.9 Å². The standard InChI is InChI=1S/C14H21NO.C9H19NO.C9H21N.C8H18N2O.C8H17NO2.C8H17NO.C8H19N.C7H17NO2S.C7H17N/c1-11(2)15(12(3)4)14(16)10-13-8-6-5-7-9-13;1-6-9(11)10(7(2)3)8(4)5;1-7(2)10(8(3)4)9(5)6;1-6(2)10(7(3)4)8(11)9-5;1-6(2)9(7(3)4)8(10)11-5;1-6(2)9(7(3)4)8(5)10;1-6-9(7(2)3)8(4)5;1-6(2)8(7(3)4)11(5,9)10;1-6(2)8(5)7(3)4/h5-9,11-12H,10H2,1-4H3;7-8H,6H2,1-5H3;7-9H,1-6H3;6-7H,1-5H3,(H,9,11);6-7H,1-5H3;6-7H,1-5H3;7-8H,6H2,1-5H3;6-7H,1-5H3;6-7H,1-5H3. The summed E-state index contributed by atoms with van der Waals surface area (Å²) in [5.41, 5.74) is 1.08. The van der Waals surface area contributed by atoms with Crippen molar-refractivity contribution in [3.63, 3.8) is 0 Å². The van der Waals surface area contributed by atoms with Gasteiger partial charge in [0, 0.05) is 135 Å². The van der Waals surface area contributed by atoms with Gasteiger partial charge in [0.2, 0.25) is 27.7 Å². The summed E-state index contributed by atoms with van der Waals surface area (Å²) in [5, 5.41) is 2.61. The van der Waals surface area contributed by atoms with Crippen molar-refractivity contribution in [3.8, 4) is 0 Å². The fraction of sp³-hybridized carbons (Fsp3) is 0.859. The van der Waals surface area contributed by atoms with Crippen LogP contribution in [-0.4, -0.2) is 231 Å². The molecule has 0 aliphatic heterocycles. The number of carbonyl (C=O) groups is 5. The van der Waals surface area contributed by atoms with E-state index in [1.165, 1.54) is 17.7 Å². The normalized spacial score (nSPS) is 11.4. The number of hydrogen-bond donors (Lipinski definition) is 1. The first-order valence-corrected chi connectivity index (χ1v) is 38.8. The van der Waals surface area contributed by atoms with Gasteiger partial charge in [-0.15, -0.1) is 0 Å². The van der Waals surface area contributed by atoms with Crippen LogP contribution in [0, 0.1) is 0 Å². The van der Waals surface area contributed by atoms with Gasteiger partial charge >= 0.3 is 12.1 Å². The monoisotopic (exact) mass is 1400 g/mol. The highest BCUT2D eigenvalue weighted by Crippen LogP contribution is 2.14. The third kappa shape index (κ3) is 53.5. The minimum Gasteiger partial charge on any atom is -0.453 e. The number of benzene rings is 1. The third-order valence-electron chi connectivity index (χ3n) is 15.3. The van der Waals surface area contributed by atoms with Crippen molar-refractivity contribution in [1.29, 1.82) is 0 Å². The summed E-state index contributed by atoms with van der Waals surface area (Å²) >= 11 is 0. The summed E-state index contributed by atoms with van der Waals surface area (Å²) in [7, 11) is 2.17. The molecule has 0 aliphatic rings. The number of methoxy groups -OCH3 is 1. The predicted octanol–water partition coefficient (Wildman–Crippen LogP) is 17.3. The van der Waals surface area contributed by atoms with Crippen LogP contribution in [-0.2, 0) is 35.6 Å². The molecule has 6 amide bonds. The molecule has 0 fully saturated rings. The maximum atomic E-state index is 12.1. The highest BCUT2D eigenvalue weighted by Gasteiger charge is 2.25. The molecule has 582 valence electrons. The Hall–Kier alpha value is -4.04. The Morgan fingerprint density at radius 2 is 0.691 bits per heavy atom. The lowest BCUT2D eigenvalue weighted by molar-refractivity contribution is -0.135. The minimum absolute atomic E-state index is 0.00463. The quantitative estimate of drug-likeness (QED) is 0.104. The fourth-order valence-electron chi connectivity index (χ4n) is 12.1. The molecule has 0 aromatic heterocycles. The van der Waals surface area contributed by atoms with Crippen molar-refractivity contribution in [1.82, 2.24) is 48.8 Å². The zero-order chi connectivity index (χ0) is 79.2. The summed E-state index contributed by atoms with van der Waals surface area (Å²) < 4.78 is 28.4. The van der Waals surface area contributed by atoms with Gasteiger partial charge in [0.05, 0.1) is 19.8 Å². The van der Waals surface area contributed by atoms with Crippen LogP contribution in [0.25, 0.3) is 0 Å². The zero-order valence-corrected chi connectivity index (χ0v) is 73.0. The van der Waals surface area contributed by atoms with E-state index in [1.807, 2.05) is 190 Å². The van der Waals surface area contributed by atoms with Gasteiger partial charge in [0.1, 0.15) is 0 Å². The van der Waals surface area contributed by atoms with Crippen LogP contribution >= 0.6 is 0 Å². The first-order valence-electron chi connectivity index (χ1n) is 36.9. The SMILES string of the molecule is CC(=O)N(C(C)C)C(C)C.CC(C)N(C(=O)Cc1ccccc1)C(C)C.CC(C)N(C(C)C)C(C)C.CC(C)N(C(C)C)S(C)(=O)=O.CC(C)N(C)C(C)C.CCC(=O)N(C(C)C)C(C)C.CCN(C(C)C)C(C)C.CNC(=O)N(C(C)C)C(C)C.COC(=O)N(C(C)C)C(C)C. The average molecular weight is 1400 g/mol. The van der Waals surface area contributed by atoms with Crippen molar-refractivity contribution in [2.24, 2.45) is 0 Å². The van der Waals surface area contributed by atoms with Crippen LogP contribution in [0.5, 0.6) is 0 Å². The second-order valence-electron chi connectivity index (χ2n) is 30.2. The predicted molar refractivity (Wildman–Crippen MR) is 423 cm³/mol. The van der Waals surface area contributed by atoms with E-state index in [9.17, 15) is 32.4 Å². The van der Waals surface area contributed by atoms with Crippen LogP contribution in [0.2, 0.25) is 0 Å². The van der Waals surface area contributed by atoms with E-state index in [0.717, 1.165) is 12.1 Å². The van der Waals surface area contributed by atoms with Crippen molar-refractivity contribution >= 4 is 39.9 Å². The Labute approximate surface area is 604 Å². The van der Waals surface area contributed by atoms with E-state index in [-0.39, 0.29) is 78.2 Å². The first-order chi connectivity index (χ1) is 43.9. The molecule has 1 aromatic rings. The number of urea groups is 1. The van der Waals surface area contributed by atoms with Crippen molar-refractivity contribution in [2.45, 2.75) is 412 Å². The molecule has 0 aliphatic carbocycles. The smallest absolute Gasteiger partial charge is 0.409 e. The maximum Gasteiger partial charge on any atom is 0.409 e. The van der Waals surface area contributed by atoms with E-state index in [1.54, 1.807) is 23.8 Å². The second-order valence-corrected chi connectivity index (χ2v) is 32.1. The molecule has 19 heteroatoms. The molecule has 97 heavy (non-hydrogen) atoms. The summed E-state index contributed by atoms with van der Waals surface area (Å²) in [5.74, 6) is 0.608. The molecule has 0 unspecified atom stereocenters. The molecule has 1 N–H and O–H groups in total. The van der Waals surface area contributed by atoms with Gasteiger partial charge in [-0.1, -0.05) is 44.2 Å². The molecular formula is C78H166N10O8S. The van der Waals surface area contributed by atoms with E-state index < -0.39 is 10.0 Å². The Morgan fingerprint density at radius 3 is 0.794 bits per heavy atom. The largest absolute Gasteiger partial charge is 0.453 e. The van der Waals surface area contributed by atoms with Crippen LogP contribution in [0.1, 0.15) is 296 Å². The van der Waals surface area contributed by atoms with Gasteiger partial charge in [-0.2, -0.15) is 4.31 Å². The number of nitrogens with one attached hydrogen (secondary N) is 1. The Morgan fingerprint density at radius 1 is 0.402 bits per heavy atom. The van der Waals surface area contributed by atoms with Crippen molar-refractivity contribution in [2.75, 3.05) is 34.0 Å². The van der Waals surface area contributed by atoms with Gasteiger partial charge in [0.25, 0.3) is 0 Å². The topological polar surface area (TPSA) is 170 Å². The van der Waals surface area contributed by atoms with E-state index in [2.05, 4.69) is 163 Å². The Bertz CT molecular complexity index is 2040. The molecule has 1 aromatic carbocycles. The number of ether oxygens (including phenoxy) is 1. The summed E-state index contributed by atoms with van der Waals surface area (Å²) in [6, 6.07) is 17.4. The number of carbonyl (C=O) groups excluding carboxylic acids is 5. The molecule has 18 nitrogen and oxygen atoms in total. The highest BCUT2D eigenvalue weighted by atomic mass is 32.2. The molecule has 1 rings (SSSR count). The van der Waals surface area contributed by atoms with Crippen LogP contribution < -0.4 is 5.32 Å². The van der Waals surface area contributed by atoms with E-state index in [4.69, 9.17) is 0 Å². The lowest BCUT2D eigenvalue weighted by Gasteiger charge is -2.34. The summed E-state index contributed by atoms with van der Waals surface area (Å²) in [6.07, 6.45) is 2.09. The van der Waals surface area contributed by atoms with Crippen LogP contribution in [0.4, 0.5) is 9.59 Å². The third-order valence-corrected chi connectivity index (χ3v) is 17.0. The molecule has 0 saturated heterocycles. The van der Waals surface area contributed by atoms with Crippen molar-refractivity contribution < 1.29 is 37.1 Å².